The van der Waals surface area contributed by atoms with Crippen molar-refractivity contribution in [3.63, 3.8) is 0 Å². The van der Waals surface area contributed by atoms with Crippen molar-refractivity contribution in [1.29, 1.82) is 5.26 Å². The second-order valence-corrected chi connectivity index (χ2v) is 8.99. The van der Waals surface area contributed by atoms with Crippen molar-refractivity contribution in [3.8, 4) is 23.3 Å². The number of fused-ring (bicyclic) bond motifs is 1. The van der Waals surface area contributed by atoms with Crippen molar-refractivity contribution in [2.24, 2.45) is 0 Å². The first kappa shape index (κ1) is 24.2. The third kappa shape index (κ3) is 5.78. The van der Waals surface area contributed by atoms with Crippen LogP contribution in [0.3, 0.4) is 0 Å². The summed E-state index contributed by atoms with van der Waals surface area (Å²) in [6, 6.07) is 13.6. The van der Waals surface area contributed by atoms with Crippen LogP contribution in [-0.2, 0) is 17.8 Å². The van der Waals surface area contributed by atoms with E-state index in [4.69, 9.17) is 14.4 Å². The van der Waals surface area contributed by atoms with Gasteiger partial charge in [0.15, 0.2) is 0 Å². The average Bonchev–Trinajstić information content (AvgIpc) is 3.32. The number of nitrogens with one attached hydrogen (secondary N) is 1. The topological polar surface area (TPSA) is 125 Å². The summed E-state index contributed by atoms with van der Waals surface area (Å²) in [5.74, 6) is 0.531. The van der Waals surface area contributed by atoms with Gasteiger partial charge in [0, 0.05) is 30.4 Å². The number of carbonyl (C=O) groups is 1. The lowest BCUT2D eigenvalue weighted by Gasteiger charge is -2.28. The second-order valence-electron chi connectivity index (χ2n) is 8.99. The molecule has 0 saturated carbocycles. The van der Waals surface area contributed by atoms with Crippen LogP contribution in [0.1, 0.15) is 50.3 Å². The maximum Gasteiger partial charge on any atom is 0.304 e. The van der Waals surface area contributed by atoms with Gasteiger partial charge in [0.05, 0.1) is 18.1 Å². The summed E-state index contributed by atoms with van der Waals surface area (Å²) in [7, 11) is 0. The third-order valence-corrected chi connectivity index (χ3v) is 5.76. The van der Waals surface area contributed by atoms with Crippen molar-refractivity contribution in [2.75, 3.05) is 11.4 Å². The Morgan fingerprint density at radius 3 is 2.86 bits per heavy atom. The molecule has 0 aliphatic carbocycles. The number of carboxylic acids is 1. The summed E-state index contributed by atoms with van der Waals surface area (Å²) in [5, 5.41) is 25.9. The molecule has 1 aliphatic rings. The van der Waals surface area contributed by atoms with Gasteiger partial charge in [-0.05, 0) is 74.2 Å². The highest BCUT2D eigenvalue weighted by molar-refractivity contribution is 5.68. The van der Waals surface area contributed by atoms with Crippen LogP contribution in [0.15, 0.2) is 40.9 Å². The number of nitriles is 1. The SMILES string of the molecule is CC(C)Oc1ccc(-c2nc(N3CCCc4cc(CN[C@@H](C)CC(=O)O)ccc43)no2)cc1C#N. The molecule has 182 valence electrons. The van der Waals surface area contributed by atoms with Crippen LogP contribution in [0.25, 0.3) is 11.5 Å². The molecule has 3 aromatic rings. The van der Waals surface area contributed by atoms with Crippen LogP contribution in [0.4, 0.5) is 11.6 Å². The minimum Gasteiger partial charge on any atom is -0.490 e. The Morgan fingerprint density at radius 1 is 1.29 bits per heavy atom. The molecule has 2 aromatic carbocycles. The van der Waals surface area contributed by atoms with Crippen LogP contribution < -0.4 is 15.0 Å². The summed E-state index contributed by atoms with van der Waals surface area (Å²) in [5.41, 5.74) is 4.40. The summed E-state index contributed by atoms with van der Waals surface area (Å²) in [6.07, 6.45) is 1.94. The van der Waals surface area contributed by atoms with Crippen molar-refractivity contribution in [3.05, 3.63) is 53.1 Å². The molecule has 1 aromatic heterocycles. The number of aromatic nitrogens is 2. The Kier molecular flexibility index (Phi) is 7.32. The molecule has 1 atom stereocenters. The van der Waals surface area contributed by atoms with Gasteiger partial charge in [-0.25, -0.2) is 0 Å². The predicted octanol–water partition coefficient (Wildman–Crippen LogP) is 4.43. The Hall–Kier alpha value is -3.90. The highest BCUT2D eigenvalue weighted by atomic mass is 16.5. The number of ether oxygens (including phenoxy) is 1. The quantitative estimate of drug-likeness (QED) is 0.462. The fourth-order valence-corrected chi connectivity index (χ4v) is 4.14. The van der Waals surface area contributed by atoms with E-state index in [0.717, 1.165) is 30.6 Å². The van der Waals surface area contributed by atoms with Crippen molar-refractivity contribution in [1.82, 2.24) is 15.5 Å². The number of anilines is 2. The Bertz CT molecular complexity index is 1250. The Labute approximate surface area is 204 Å². The van der Waals surface area contributed by atoms with Gasteiger partial charge in [0.25, 0.3) is 11.8 Å². The molecule has 9 nitrogen and oxygen atoms in total. The third-order valence-electron chi connectivity index (χ3n) is 5.76. The maximum atomic E-state index is 10.9. The molecular formula is C26H29N5O4. The zero-order valence-electron chi connectivity index (χ0n) is 20.1. The molecule has 0 unspecified atom stereocenters. The lowest BCUT2D eigenvalue weighted by Crippen LogP contribution is -2.28. The lowest BCUT2D eigenvalue weighted by atomic mass is 9.99. The standard InChI is InChI=1S/C26H29N5O4/c1-16(2)34-23-9-7-20(13-21(23)14-27)25-29-26(30-35-25)31-10-4-5-19-12-18(6-8-22(19)31)15-28-17(3)11-24(32)33/h6-9,12-13,16-17,28H,4-5,10-11,15H2,1-3H3,(H,32,33)/t17-/m0/s1. The number of hydrogen-bond donors (Lipinski definition) is 2. The molecule has 0 bridgehead atoms. The van der Waals surface area contributed by atoms with Crippen molar-refractivity contribution >= 4 is 17.6 Å². The maximum absolute atomic E-state index is 10.9. The van der Waals surface area contributed by atoms with E-state index in [-0.39, 0.29) is 18.6 Å². The fraction of sp³-hybridized carbons (Fsp3) is 0.385. The van der Waals surface area contributed by atoms with Crippen molar-refractivity contribution < 1.29 is 19.2 Å². The molecule has 1 aliphatic heterocycles. The molecule has 9 heteroatoms. The summed E-state index contributed by atoms with van der Waals surface area (Å²) in [6.45, 7) is 7.06. The van der Waals surface area contributed by atoms with E-state index in [1.807, 2.05) is 37.8 Å². The number of nitrogens with zero attached hydrogens (tertiary/aromatic N) is 4. The number of rotatable bonds is 9. The number of hydrogen-bond acceptors (Lipinski definition) is 8. The molecule has 35 heavy (non-hydrogen) atoms. The minimum atomic E-state index is -0.811. The van der Waals surface area contributed by atoms with Gasteiger partial charge in [-0.2, -0.15) is 10.2 Å². The Morgan fingerprint density at radius 2 is 2.11 bits per heavy atom. The van der Waals surface area contributed by atoms with Gasteiger partial charge in [-0.15, -0.1) is 0 Å². The second kappa shape index (κ2) is 10.6. The molecular weight excluding hydrogens is 446 g/mol. The van der Waals surface area contributed by atoms with E-state index >= 15 is 0 Å². The molecule has 0 saturated heterocycles. The molecule has 0 spiro atoms. The fourth-order valence-electron chi connectivity index (χ4n) is 4.14. The Balaban J connectivity index is 1.52. The normalized spacial score (nSPS) is 13.9. The zero-order chi connectivity index (χ0) is 24.9. The minimum absolute atomic E-state index is 0.0356. The summed E-state index contributed by atoms with van der Waals surface area (Å²) >= 11 is 0. The van der Waals surface area contributed by atoms with E-state index in [2.05, 4.69) is 33.7 Å². The summed E-state index contributed by atoms with van der Waals surface area (Å²) in [4.78, 5) is 17.5. The smallest absolute Gasteiger partial charge is 0.304 e. The number of aryl methyl sites for hydroxylation is 1. The number of benzene rings is 2. The van der Waals surface area contributed by atoms with Crippen molar-refractivity contribution in [2.45, 2.75) is 58.7 Å². The van der Waals surface area contributed by atoms with E-state index < -0.39 is 5.97 Å². The highest BCUT2D eigenvalue weighted by Crippen LogP contribution is 2.34. The lowest BCUT2D eigenvalue weighted by molar-refractivity contribution is -0.137. The molecule has 4 rings (SSSR count). The number of aliphatic carboxylic acids is 1. The van der Waals surface area contributed by atoms with Crippen LogP contribution in [0, 0.1) is 11.3 Å². The first-order chi connectivity index (χ1) is 16.8. The van der Waals surface area contributed by atoms with Gasteiger partial charge in [-0.3, -0.25) is 4.79 Å². The molecule has 2 N–H and O–H groups in total. The zero-order valence-corrected chi connectivity index (χ0v) is 20.1. The van der Waals surface area contributed by atoms with Crippen LogP contribution in [0.2, 0.25) is 0 Å². The molecule has 0 radical (unpaired) electrons. The highest BCUT2D eigenvalue weighted by Gasteiger charge is 2.23. The van der Waals surface area contributed by atoms with Gasteiger partial charge >= 0.3 is 5.97 Å². The predicted molar refractivity (Wildman–Crippen MR) is 131 cm³/mol. The monoisotopic (exact) mass is 475 g/mol. The first-order valence-electron chi connectivity index (χ1n) is 11.7. The molecule has 0 amide bonds. The van der Waals surface area contributed by atoms with E-state index in [1.54, 1.807) is 12.1 Å². The largest absolute Gasteiger partial charge is 0.490 e. The summed E-state index contributed by atoms with van der Waals surface area (Å²) < 4.78 is 11.2. The van der Waals surface area contributed by atoms with Crippen LogP contribution in [0.5, 0.6) is 5.75 Å². The number of carboxylic acid groups (broad SMARTS) is 1. The van der Waals surface area contributed by atoms with Gasteiger partial charge in [0.1, 0.15) is 11.8 Å². The molecule has 2 heterocycles. The van der Waals surface area contributed by atoms with E-state index in [9.17, 15) is 10.1 Å². The van der Waals surface area contributed by atoms with Crippen LogP contribution in [-0.4, -0.2) is 39.9 Å². The van der Waals surface area contributed by atoms with Crippen LogP contribution >= 0.6 is 0 Å². The van der Waals surface area contributed by atoms with Gasteiger partial charge in [-0.1, -0.05) is 12.1 Å². The van der Waals surface area contributed by atoms with Gasteiger partial charge < -0.3 is 24.6 Å². The van der Waals surface area contributed by atoms with Gasteiger partial charge in [0.2, 0.25) is 0 Å². The van der Waals surface area contributed by atoms with E-state index in [1.165, 1.54) is 5.56 Å². The van der Waals surface area contributed by atoms with E-state index in [0.29, 0.717) is 35.3 Å². The average molecular weight is 476 g/mol. The molecule has 0 fully saturated rings. The first-order valence-corrected chi connectivity index (χ1v) is 11.7.